The molecule has 2 heterocycles. The quantitative estimate of drug-likeness (QED) is 0.902. The van der Waals surface area contributed by atoms with Crippen LogP contribution < -0.4 is 5.32 Å². The number of rotatable bonds is 2. The fourth-order valence-electron chi connectivity index (χ4n) is 3.11. The van der Waals surface area contributed by atoms with Gasteiger partial charge in [0.1, 0.15) is 16.1 Å². The Hall–Kier alpha value is -1.43. The van der Waals surface area contributed by atoms with E-state index in [1.54, 1.807) is 24.9 Å². The number of aromatic nitrogens is 1. The van der Waals surface area contributed by atoms with Crippen molar-refractivity contribution >= 4 is 23.2 Å². The van der Waals surface area contributed by atoms with Crippen molar-refractivity contribution in [3.8, 4) is 0 Å². The first kappa shape index (κ1) is 13.5. The lowest BCUT2D eigenvalue weighted by atomic mass is 9.86. The third kappa shape index (κ3) is 1.93. The molecule has 1 aromatic heterocycles. The van der Waals surface area contributed by atoms with E-state index in [0.717, 1.165) is 30.7 Å². The van der Waals surface area contributed by atoms with E-state index >= 15 is 0 Å². The van der Waals surface area contributed by atoms with Crippen LogP contribution >= 0.6 is 11.3 Å². The average Bonchev–Trinajstić information content (AvgIpc) is 3.05. The van der Waals surface area contributed by atoms with Gasteiger partial charge in [0.15, 0.2) is 0 Å². The van der Waals surface area contributed by atoms with Gasteiger partial charge in [-0.2, -0.15) is 0 Å². The summed E-state index contributed by atoms with van der Waals surface area (Å²) in [5.74, 6) is -0.00893. The molecule has 5 nitrogen and oxygen atoms in total. The molecule has 1 aliphatic carbocycles. The van der Waals surface area contributed by atoms with Gasteiger partial charge in [0.25, 0.3) is 0 Å². The summed E-state index contributed by atoms with van der Waals surface area (Å²) >= 11 is 1.51. The first-order valence-electron chi connectivity index (χ1n) is 6.99. The first-order chi connectivity index (χ1) is 9.46. The number of amides is 2. The molecular weight excluding hydrogens is 274 g/mol. The molecule has 0 unspecified atom stereocenters. The fraction of sp³-hybridized carbons (Fsp3) is 0.643. The normalized spacial score (nSPS) is 24.2. The highest BCUT2D eigenvalue weighted by molar-refractivity contribution is 7.09. The van der Waals surface area contributed by atoms with Crippen molar-refractivity contribution in [2.45, 2.75) is 57.2 Å². The summed E-state index contributed by atoms with van der Waals surface area (Å²) in [6, 6.07) is 0. The minimum absolute atomic E-state index is 0.0507. The molecule has 2 amide bonds. The van der Waals surface area contributed by atoms with Crippen molar-refractivity contribution in [2.24, 2.45) is 0 Å². The zero-order valence-electron chi connectivity index (χ0n) is 11.8. The lowest BCUT2D eigenvalue weighted by Crippen LogP contribution is -2.73. The summed E-state index contributed by atoms with van der Waals surface area (Å²) in [4.78, 5) is 31.3. The molecule has 2 aliphatic rings. The number of thiazole rings is 1. The lowest BCUT2D eigenvalue weighted by Gasteiger charge is -2.48. The predicted molar refractivity (Wildman–Crippen MR) is 76.1 cm³/mol. The van der Waals surface area contributed by atoms with Gasteiger partial charge in [-0.1, -0.05) is 12.8 Å². The highest BCUT2D eigenvalue weighted by Gasteiger charge is 2.55. The average molecular weight is 293 g/mol. The number of hydrogen-bond acceptors (Lipinski definition) is 4. The summed E-state index contributed by atoms with van der Waals surface area (Å²) < 4.78 is 0. The van der Waals surface area contributed by atoms with Crippen molar-refractivity contribution in [3.05, 3.63) is 16.6 Å². The molecule has 6 heteroatoms. The number of carbonyl (C=O) groups is 2. The van der Waals surface area contributed by atoms with E-state index in [2.05, 4.69) is 10.3 Å². The molecule has 1 saturated heterocycles. The molecule has 3 rings (SSSR count). The van der Waals surface area contributed by atoms with Gasteiger partial charge in [-0.05, 0) is 26.7 Å². The second-order valence-electron chi connectivity index (χ2n) is 6.12. The smallest absolute Gasteiger partial charge is 0.249 e. The highest BCUT2D eigenvalue weighted by Crippen LogP contribution is 2.38. The molecule has 0 bridgehead atoms. The van der Waals surface area contributed by atoms with Crippen LogP contribution in [-0.4, -0.2) is 32.8 Å². The van der Waals surface area contributed by atoms with Crippen LogP contribution in [-0.2, 0) is 16.1 Å². The molecule has 108 valence electrons. The van der Waals surface area contributed by atoms with Gasteiger partial charge in [0, 0.05) is 11.6 Å². The zero-order chi connectivity index (χ0) is 14.4. The maximum Gasteiger partial charge on any atom is 0.249 e. The van der Waals surface area contributed by atoms with E-state index in [-0.39, 0.29) is 11.8 Å². The number of nitrogens with one attached hydrogen (secondary N) is 1. The molecule has 0 aromatic carbocycles. The monoisotopic (exact) mass is 293 g/mol. The minimum atomic E-state index is -0.823. The Morgan fingerprint density at radius 3 is 2.65 bits per heavy atom. The Morgan fingerprint density at radius 1 is 1.35 bits per heavy atom. The molecule has 1 N–H and O–H groups in total. The summed E-state index contributed by atoms with van der Waals surface area (Å²) in [5.41, 5.74) is -1.49. The van der Waals surface area contributed by atoms with E-state index in [0.29, 0.717) is 6.54 Å². The van der Waals surface area contributed by atoms with Crippen LogP contribution in [0, 0.1) is 0 Å². The maximum atomic E-state index is 12.9. The molecule has 1 saturated carbocycles. The SMILES string of the molecule is CC1(C)C(=O)NC2(CCCC2)C(=O)N1Cc1nccs1. The predicted octanol–water partition coefficient (Wildman–Crippen LogP) is 1.69. The second kappa shape index (κ2) is 4.55. The van der Waals surface area contributed by atoms with Crippen LogP contribution in [0.4, 0.5) is 0 Å². The molecular formula is C14H19N3O2S. The molecule has 2 fully saturated rings. The number of piperazine rings is 1. The zero-order valence-corrected chi connectivity index (χ0v) is 12.6. The van der Waals surface area contributed by atoms with Gasteiger partial charge < -0.3 is 10.2 Å². The van der Waals surface area contributed by atoms with Crippen LogP contribution in [0.3, 0.4) is 0 Å². The van der Waals surface area contributed by atoms with Crippen molar-refractivity contribution in [1.29, 1.82) is 0 Å². The summed E-state index contributed by atoms with van der Waals surface area (Å²) in [6.45, 7) is 4.02. The summed E-state index contributed by atoms with van der Waals surface area (Å²) in [6.07, 6.45) is 5.23. The highest BCUT2D eigenvalue weighted by atomic mass is 32.1. The number of carbonyl (C=O) groups excluding carboxylic acids is 2. The Bertz CT molecular complexity index is 533. The van der Waals surface area contributed by atoms with Gasteiger partial charge in [-0.25, -0.2) is 4.98 Å². The molecule has 1 aliphatic heterocycles. The topological polar surface area (TPSA) is 62.3 Å². The first-order valence-corrected chi connectivity index (χ1v) is 7.87. The van der Waals surface area contributed by atoms with E-state index in [4.69, 9.17) is 0 Å². The number of hydrogen-bond donors (Lipinski definition) is 1. The van der Waals surface area contributed by atoms with Crippen LogP contribution in [0.25, 0.3) is 0 Å². The van der Waals surface area contributed by atoms with Crippen molar-refractivity contribution in [1.82, 2.24) is 15.2 Å². The largest absolute Gasteiger partial charge is 0.340 e. The van der Waals surface area contributed by atoms with E-state index < -0.39 is 11.1 Å². The van der Waals surface area contributed by atoms with Gasteiger partial charge in [-0.3, -0.25) is 9.59 Å². The Labute approximate surface area is 122 Å². The third-order valence-electron chi connectivity index (χ3n) is 4.47. The molecule has 0 atom stereocenters. The molecule has 1 spiro atoms. The van der Waals surface area contributed by atoms with Gasteiger partial charge in [0.2, 0.25) is 11.8 Å². The van der Waals surface area contributed by atoms with Gasteiger partial charge in [-0.15, -0.1) is 11.3 Å². The Morgan fingerprint density at radius 2 is 2.05 bits per heavy atom. The summed E-state index contributed by atoms with van der Waals surface area (Å²) in [5, 5.41) is 5.75. The van der Waals surface area contributed by atoms with Crippen molar-refractivity contribution in [2.75, 3.05) is 0 Å². The molecule has 20 heavy (non-hydrogen) atoms. The Kier molecular flexibility index (Phi) is 3.08. The van der Waals surface area contributed by atoms with Crippen LogP contribution in [0.5, 0.6) is 0 Å². The van der Waals surface area contributed by atoms with Crippen molar-refractivity contribution in [3.63, 3.8) is 0 Å². The van der Waals surface area contributed by atoms with Gasteiger partial charge >= 0.3 is 0 Å². The minimum Gasteiger partial charge on any atom is -0.340 e. The maximum absolute atomic E-state index is 12.9. The van der Waals surface area contributed by atoms with Crippen LogP contribution in [0.1, 0.15) is 44.5 Å². The Balaban J connectivity index is 1.94. The summed E-state index contributed by atoms with van der Waals surface area (Å²) in [7, 11) is 0. The van der Waals surface area contributed by atoms with Crippen LogP contribution in [0.2, 0.25) is 0 Å². The molecule has 1 aromatic rings. The van der Waals surface area contributed by atoms with Crippen LogP contribution in [0.15, 0.2) is 11.6 Å². The van der Waals surface area contributed by atoms with E-state index in [1.165, 1.54) is 11.3 Å². The number of nitrogens with zero attached hydrogens (tertiary/aromatic N) is 2. The van der Waals surface area contributed by atoms with E-state index in [1.807, 2.05) is 5.38 Å². The third-order valence-corrected chi connectivity index (χ3v) is 5.24. The van der Waals surface area contributed by atoms with Crippen molar-refractivity contribution < 1.29 is 9.59 Å². The second-order valence-corrected chi connectivity index (χ2v) is 7.10. The lowest BCUT2D eigenvalue weighted by molar-refractivity contribution is -0.161. The van der Waals surface area contributed by atoms with Gasteiger partial charge in [0.05, 0.1) is 6.54 Å². The molecule has 0 radical (unpaired) electrons. The fourth-order valence-corrected chi connectivity index (χ4v) is 3.72. The van der Waals surface area contributed by atoms with E-state index in [9.17, 15) is 9.59 Å². The standard InChI is InChI=1S/C14H19N3O2S/c1-13(2)11(18)16-14(5-3-4-6-14)12(19)17(13)9-10-15-7-8-20-10/h7-8H,3-6,9H2,1-2H3,(H,16,18).